The molecule has 6 nitrogen and oxygen atoms in total. The second-order valence-electron chi connectivity index (χ2n) is 6.42. The first kappa shape index (κ1) is 17.1. The van der Waals surface area contributed by atoms with Crippen molar-refractivity contribution in [3.8, 4) is 0 Å². The molecule has 1 unspecified atom stereocenters. The Morgan fingerprint density at radius 3 is 2.50 bits per heavy atom. The highest BCUT2D eigenvalue weighted by atomic mass is 32.2. The van der Waals surface area contributed by atoms with Gasteiger partial charge in [0.15, 0.2) is 0 Å². The summed E-state index contributed by atoms with van der Waals surface area (Å²) in [5.41, 5.74) is 5.27. The van der Waals surface area contributed by atoms with Crippen LogP contribution in [0.25, 0.3) is 0 Å². The van der Waals surface area contributed by atoms with E-state index in [-0.39, 0.29) is 29.0 Å². The number of thioether (sulfide) groups is 1. The van der Waals surface area contributed by atoms with Gasteiger partial charge in [0.2, 0.25) is 17.7 Å². The summed E-state index contributed by atoms with van der Waals surface area (Å²) < 4.78 is 0. The molecule has 0 aromatic rings. The van der Waals surface area contributed by atoms with Crippen molar-refractivity contribution >= 4 is 29.5 Å². The van der Waals surface area contributed by atoms with Crippen LogP contribution in [0.4, 0.5) is 0 Å². The van der Waals surface area contributed by atoms with Crippen LogP contribution in [0, 0.1) is 5.41 Å². The summed E-state index contributed by atoms with van der Waals surface area (Å²) in [5.74, 6) is -0.256. The first-order chi connectivity index (χ1) is 10.4. The van der Waals surface area contributed by atoms with Gasteiger partial charge in [-0.2, -0.15) is 11.8 Å². The minimum Gasteiger partial charge on any atom is -0.368 e. The van der Waals surface area contributed by atoms with Gasteiger partial charge in [-0.1, -0.05) is 0 Å². The van der Waals surface area contributed by atoms with Gasteiger partial charge in [0.1, 0.15) is 0 Å². The summed E-state index contributed by atoms with van der Waals surface area (Å²) in [7, 11) is 0. The zero-order chi connectivity index (χ0) is 16.3. The van der Waals surface area contributed by atoms with Crippen LogP contribution in [0.15, 0.2) is 0 Å². The number of likely N-dealkylation sites (tertiary alicyclic amines) is 2. The average Bonchev–Trinajstić information content (AvgIpc) is 2.50. The molecule has 2 saturated heterocycles. The molecule has 22 heavy (non-hydrogen) atoms. The molecule has 0 radical (unpaired) electrons. The number of nitrogens with two attached hydrogens (primary N) is 1. The van der Waals surface area contributed by atoms with Crippen LogP contribution in [0.5, 0.6) is 0 Å². The molecular weight excluding hydrogens is 302 g/mol. The molecule has 2 N–H and O–H groups in total. The number of hydrogen-bond donors (Lipinski definition) is 1. The van der Waals surface area contributed by atoms with E-state index in [1.165, 1.54) is 0 Å². The minimum atomic E-state index is -0.466. The Hall–Kier alpha value is -1.24. The van der Waals surface area contributed by atoms with E-state index in [2.05, 4.69) is 0 Å². The monoisotopic (exact) mass is 327 g/mol. The van der Waals surface area contributed by atoms with Crippen molar-refractivity contribution in [2.24, 2.45) is 11.1 Å². The van der Waals surface area contributed by atoms with Gasteiger partial charge in [0, 0.05) is 26.1 Å². The smallest absolute Gasteiger partial charge is 0.237 e. The fraction of sp³-hybridized carbons (Fsp3) is 0.800. The summed E-state index contributed by atoms with van der Waals surface area (Å²) in [4.78, 5) is 38.8. The Kier molecular flexibility index (Phi) is 5.36. The van der Waals surface area contributed by atoms with E-state index in [9.17, 15) is 14.4 Å². The number of primary amides is 1. The summed E-state index contributed by atoms with van der Waals surface area (Å²) >= 11 is 1.57. The molecule has 2 aliphatic heterocycles. The van der Waals surface area contributed by atoms with Crippen molar-refractivity contribution in [1.29, 1.82) is 0 Å². The van der Waals surface area contributed by atoms with Crippen molar-refractivity contribution in [3.63, 3.8) is 0 Å². The summed E-state index contributed by atoms with van der Waals surface area (Å²) in [6.07, 6.45) is 5.05. The summed E-state index contributed by atoms with van der Waals surface area (Å²) in [6, 6.07) is 0. The molecule has 2 aliphatic rings. The Morgan fingerprint density at radius 2 is 1.95 bits per heavy atom. The van der Waals surface area contributed by atoms with Crippen molar-refractivity contribution in [1.82, 2.24) is 9.80 Å². The van der Waals surface area contributed by atoms with Gasteiger partial charge in [-0.3, -0.25) is 14.4 Å². The van der Waals surface area contributed by atoms with Gasteiger partial charge >= 0.3 is 0 Å². The largest absolute Gasteiger partial charge is 0.368 e. The van der Waals surface area contributed by atoms with Gasteiger partial charge in [-0.05, 0) is 37.9 Å². The molecule has 0 bridgehead atoms. The second-order valence-corrected chi connectivity index (χ2v) is 7.60. The average molecular weight is 327 g/mol. The van der Waals surface area contributed by atoms with E-state index in [0.717, 1.165) is 32.4 Å². The normalized spacial score (nSPS) is 22.7. The van der Waals surface area contributed by atoms with Gasteiger partial charge in [-0.25, -0.2) is 0 Å². The molecule has 1 atom stereocenters. The lowest BCUT2D eigenvalue weighted by molar-refractivity contribution is -0.144. The Balaban J connectivity index is 1.96. The Labute approximate surface area is 135 Å². The molecule has 7 heteroatoms. The van der Waals surface area contributed by atoms with Crippen molar-refractivity contribution in [3.05, 3.63) is 0 Å². The number of rotatable bonds is 4. The molecule has 0 aromatic carbocycles. The number of amides is 3. The van der Waals surface area contributed by atoms with E-state index in [4.69, 9.17) is 5.73 Å². The van der Waals surface area contributed by atoms with Crippen LogP contribution >= 0.6 is 11.8 Å². The van der Waals surface area contributed by atoms with E-state index in [0.29, 0.717) is 13.0 Å². The number of hydrogen-bond acceptors (Lipinski definition) is 4. The highest BCUT2D eigenvalue weighted by Gasteiger charge is 2.42. The fourth-order valence-electron chi connectivity index (χ4n) is 3.40. The maximum Gasteiger partial charge on any atom is 0.237 e. The molecule has 0 aliphatic carbocycles. The third-order valence-corrected chi connectivity index (χ3v) is 5.84. The molecule has 0 aromatic heterocycles. The topological polar surface area (TPSA) is 83.7 Å². The van der Waals surface area contributed by atoms with Gasteiger partial charge in [0.25, 0.3) is 0 Å². The molecule has 2 heterocycles. The first-order valence-corrected chi connectivity index (χ1v) is 9.03. The molecule has 2 rings (SSSR count). The molecule has 1 spiro atoms. The fourth-order valence-corrected chi connectivity index (χ4v) is 3.75. The lowest BCUT2D eigenvalue weighted by atomic mass is 9.72. The predicted molar refractivity (Wildman–Crippen MR) is 86.2 cm³/mol. The maximum absolute atomic E-state index is 12.2. The zero-order valence-electron chi connectivity index (χ0n) is 13.3. The standard InChI is InChI=1S/C15H25N3O3S/c1-11(22-2)14(21)17-7-5-15(6-8-17)4-3-13(20)18(10-15)9-12(16)19/h11H,3-10H2,1-2H3,(H2,16,19). The molecule has 0 saturated carbocycles. The van der Waals surface area contributed by atoms with Crippen LogP contribution in [-0.2, 0) is 14.4 Å². The SMILES string of the molecule is CSC(C)C(=O)N1CCC2(CCC(=O)N(CC(N)=O)C2)CC1. The quantitative estimate of drug-likeness (QED) is 0.813. The number of carbonyl (C=O) groups excluding carboxylic acids is 3. The van der Waals surface area contributed by atoms with Crippen LogP contribution in [0.3, 0.4) is 0 Å². The van der Waals surface area contributed by atoms with Crippen LogP contribution < -0.4 is 5.73 Å². The predicted octanol–water partition coefficient (Wildman–Crippen LogP) is 0.454. The number of carbonyl (C=O) groups is 3. The van der Waals surface area contributed by atoms with Crippen LogP contribution in [0.1, 0.15) is 32.6 Å². The van der Waals surface area contributed by atoms with Crippen molar-refractivity contribution < 1.29 is 14.4 Å². The number of nitrogens with zero attached hydrogens (tertiary/aromatic N) is 2. The highest BCUT2D eigenvalue weighted by Crippen LogP contribution is 2.40. The van der Waals surface area contributed by atoms with E-state index < -0.39 is 5.91 Å². The van der Waals surface area contributed by atoms with Crippen LogP contribution in [-0.4, -0.2) is 65.2 Å². The van der Waals surface area contributed by atoms with Gasteiger partial charge in [-0.15, -0.1) is 0 Å². The Bertz CT molecular complexity index is 461. The number of piperidine rings is 2. The van der Waals surface area contributed by atoms with Crippen LogP contribution in [0.2, 0.25) is 0 Å². The van der Waals surface area contributed by atoms with E-state index in [1.54, 1.807) is 16.7 Å². The lowest BCUT2D eigenvalue weighted by Crippen LogP contribution is -2.54. The highest BCUT2D eigenvalue weighted by molar-refractivity contribution is 7.99. The first-order valence-electron chi connectivity index (χ1n) is 7.74. The maximum atomic E-state index is 12.2. The van der Waals surface area contributed by atoms with E-state index >= 15 is 0 Å². The van der Waals surface area contributed by atoms with Gasteiger partial charge < -0.3 is 15.5 Å². The Morgan fingerprint density at radius 1 is 1.32 bits per heavy atom. The molecule has 124 valence electrons. The zero-order valence-corrected chi connectivity index (χ0v) is 14.2. The van der Waals surface area contributed by atoms with Gasteiger partial charge in [0.05, 0.1) is 11.8 Å². The summed E-state index contributed by atoms with van der Waals surface area (Å²) in [6.45, 7) is 4.01. The third kappa shape index (κ3) is 3.74. The molecular formula is C15H25N3O3S. The minimum absolute atomic E-state index is 0.00616. The van der Waals surface area contributed by atoms with Crippen molar-refractivity contribution in [2.45, 2.75) is 37.9 Å². The lowest BCUT2D eigenvalue weighted by Gasteiger charge is -2.47. The van der Waals surface area contributed by atoms with E-state index in [1.807, 2.05) is 18.1 Å². The van der Waals surface area contributed by atoms with Crippen molar-refractivity contribution in [2.75, 3.05) is 32.4 Å². The second kappa shape index (κ2) is 6.89. The third-order valence-electron chi connectivity index (χ3n) is 4.93. The summed E-state index contributed by atoms with van der Waals surface area (Å²) in [5, 5.41) is -0.00616. The molecule has 3 amide bonds. The molecule has 2 fully saturated rings.